The van der Waals surface area contributed by atoms with Crippen LogP contribution in [0.25, 0.3) is 0 Å². The van der Waals surface area contributed by atoms with Crippen LogP contribution in [0.2, 0.25) is 0 Å². The number of pyridine rings is 1. The van der Waals surface area contributed by atoms with E-state index >= 15 is 0 Å². The molecule has 1 aliphatic heterocycles. The molecule has 1 aromatic rings. The van der Waals surface area contributed by atoms with Crippen molar-refractivity contribution in [1.82, 2.24) is 9.88 Å². The van der Waals surface area contributed by atoms with Crippen molar-refractivity contribution in [3.05, 3.63) is 30.1 Å². The number of hydrogen-bond acceptors (Lipinski definition) is 4. The van der Waals surface area contributed by atoms with Crippen molar-refractivity contribution < 1.29 is 19.4 Å². The molecule has 0 spiro atoms. The van der Waals surface area contributed by atoms with Crippen molar-refractivity contribution in [2.45, 2.75) is 38.8 Å². The molecule has 1 amide bonds. The monoisotopic (exact) mass is 292 g/mol. The highest BCUT2D eigenvalue weighted by Gasteiger charge is 2.43. The lowest BCUT2D eigenvalue weighted by molar-refractivity contribution is -0.142. The highest BCUT2D eigenvalue weighted by atomic mass is 16.6. The van der Waals surface area contributed by atoms with Crippen molar-refractivity contribution >= 4 is 12.1 Å². The Balaban J connectivity index is 2.28. The van der Waals surface area contributed by atoms with Gasteiger partial charge in [0.05, 0.1) is 12.0 Å². The number of aliphatic carboxylic acids is 1. The van der Waals surface area contributed by atoms with E-state index in [1.807, 2.05) is 0 Å². The van der Waals surface area contributed by atoms with E-state index in [2.05, 4.69) is 4.98 Å². The summed E-state index contributed by atoms with van der Waals surface area (Å²) < 4.78 is 5.38. The number of ether oxygens (including phenoxy) is 1. The van der Waals surface area contributed by atoms with Crippen LogP contribution in [0.3, 0.4) is 0 Å². The summed E-state index contributed by atoms with van der Waals surface area (Å²) >= 11 is 0. The molecule has 1 aliphatic rings. The third-order valence-corrected chi connectivity index (χ3v) is 3.37. The van der Waals surface area contributed by atoms with Gasteiger partial charge in [-0.2, -0.15) is 0 Å². The van der Waals surface area contributed by atoms with Crippen LogP contribution in [0, 0.1) is 5.92 Å². The average Bonchev–Trinajstić information content (AvgIpc) is 2.82. The minimum absolute atomic E-state index is 0.367. The second kappa shape index (κ2) is 5.71. The van der Waals surface area contributed by atoms with E-state index < -0.39 is 29.6 Å². The van der Waals surface area contributed by atoms with Gasteiger partial charge in [-0.3, -0.25) is 9.78 Å². The molecule has 0 aromatic carbocycles. The Morgan fingerprint density at radius 3 is 2.67 bits per heavy atom. The van der Waals surface area contributed by atoms with Crippen LogP contribution >= 0.6 is 0 Å². The second-order valence-corrected chi connectivity index (χ2v) is 6.14. The Morgan fingerprint density at radius 2 is 2.14 bits per heavy atom. The van der Waals surface area contributed by atoms with Gasteiger partial charge in [0.2, 0.25) is 0 Å². The first-order valence-electron chi connectivity index (χ1n) is 6.92. The lowest BCUT2D eigenvalue weighted by Crippen LogP contribution is -2.38. The van der Waals surface area contributed by atoms with Gasteiger partial charge in [-0.15, -0.1) is 0 Å². The number of carboxylic acids is 1. The molecule has 6 nitrogen and oxygen atoms in total. The maximum atomic E-state index is 12.3. The highest BCUT2D eigenvalue weighted by molar-refractivity contribution is 5.76. The zero-order valence-corrected chi connectivity index (χ0v) is 12.4. The maximum absolute atomic E-state index is 12.3. The van der Waals surface area contributed by atoms with Crippen LogP contribution in [0.1, 0.15) is 38.8 Å². The zero-order valence-electron chi connectivity index (χ0n) is 12.4. The number of hydrogen-bond donors (Lipinski definition) is 1. The number of carbonyl (C=O) groups excluding carboxylic acids is 1. The van der Waals surface area contributed by atoms with Gasteiger partial charge in [0.1, 0.15) is 5.60 Å². The van der Waals surface area contributed by atoms with Crippen molar-refractivity contribution in [1.29, 1.82) is 0 Å². The normalized spacial score (nSPS) is 22.1. The fourth-order valence-corrected chi connectivity index (χ4v) is 2.54. The van der Waals surface area contributed by atoms with Crippen molar-refractivity contribution in [3.8, 4) is 0 Å². The Labute approximate surface area is 123 Å². The first kappa shape index (κ1) is 15.3. The van der Waals surface area contributed by atoms with E-state index in [1.165, 1.54) is 4.90 Å². The molecule has 0 unspecified atom stereocenters. The van der Waals surface area contributed by atoms with E-state index in [0.29, 0.717) is 18.5 Å². The molecule has 0 radical (unpaired) electrons. The second-order valence-electron chi connectivity index (χ2n) is 6.14. The van der Waals surface area contributed by atoms with Crippen LogP contribution in [-0.4, -0.2) is 39.2 Å². The first-order valence-corrected chi connectivity index (χ1v) is 6.92. The largest absolute Gasteiger partial charge is 0.481 e. The fraction of sp³-hybridized carbons (Fsp3) is 0.533. The minimum Gasteiger partial charge on any atom is -0.481 e. The molecule has 2 heterocycles. The number of rotatable bonds is 2. The van der Waals surface area contributed by atoms with Crippen LogP contribution in [0.15, 0.2) is 24.5 Å². The number of carboxylic acid groups (broad SMARTS) is 1. The van der Waals surface area contributed by atoms with Gasteiger partial charge in [-0.25, -0.2) is 4.79 Å². The molecule has 0 bridgehead atoms. The standard InChI is InChI=1S/C15H20N2O4/c1-15(2,3)21-14(20)17-8-6-11(13(18)19)12(17)10-5-4-7-16-9-10/h4-5,7,9,11-12H,6,8H2,1-3H3,(H,18,19)/t11-,12-/m1/s1. The van der Waals surface area contributed by atoms with E-state index in [1.54, 1.807) is 45.3 Å². The third-order valence-electron chi connectivity index (χ3n) is 3.37. The number of nitrogens with zero attached hydrogens (tertiary/aromatic N) is 2. The van der Waals surface area contributed by atoms with Crippen molar-refractivity contribution in [2.24, 2.45) is 5.92 Å². The van der Waals surface area contributed by atoms with Gasteiger partial charge in [0.25, 0.3) is 0 Å². The predicted molar refractivity (Wildman–Crippen MR) is 75.7 cm³/mol. The lowest BCUT2D eigenvalue weighted by Gasteiger charge is -2.29. The van der Waals surface area contributed by atoms with Crippen LogP contribution in [0.4, 0.5) is 4.79 Å². The summed E-state index contributed by atoms with van der Waals surface area (Å²) in [5.74, 6) is -1.54. The molecule has 0 aliphatic carbocycles. The van der Waals surface area contributed by atoms with Crippen LogP contribution in [0.5, 0.6) is 0 Å². The third kappa shape index (κ3) is 3.51. The number of likely N-dealkylation sites (tertiary alicyclic amines) is 1. The predicted octanol–water partition coefficient (Wildman–Crippen LogP) is 2.46. The Bertz CT molecular complexity index is 524. The Morgan fingerprint density at radius 1 is 1.43 bits per heavy atom. The van der Waals surface area contributed by atoms with Crippen molar-refractivity contribution in [3.63, 3.8) is 0 Å². The van der Waals surface area contributed by atoms with Gasteiger partial charge in [0, 0.05) is 18.9 Å². The number of carbonyl (C=O) groups is 2. The minimum atomic E-state index is -0.907. The first-order chi connectivity index (χ1) is 9.79. The molecule has 2 atom stereocenters. The smallest absolute Gasteiger partial charge is 0.410 e. The van der Waals surface area contributed by atoms with Crippen LogP contribution in [-0.2, 0) is 9.53 Å². The summed E-state index contributed by atoms with van der Waals surface area (Å²) in [4.78, 5) is 29.2. The molecule has 1 saturated heterocycles. The van der Waals surface area contributed by atoms with Gasteiger partial charge in [-0.05, 0) is 38.8 Å². The van der Waals surface area contributed by atoms with Crippen molar-refractivity contribution in [2.75, 3.05) is 6.54 Å². The molecular formula is C15H20N2O4. The topological polar surface area (TPSA) is 79.7 Å². The summed E-state index contributed by atoms with van der Waals surface area (Å²) in [6, 6.07) is 2.99. The molecule has 6 heteroatoms. The number of aromatic nitrogens is 1. The summed E-state index contributed by atoms with van der Waals surface area (Å²) in [7, 11) is 0. The Hall–Kier alpha value is -2.11. The van der Waals surface area contributed by atoms with Gasteiger partial charge in [0.15, 0.2) is 0 Å². The van der Waals surface area contributed by atoms with Crippen LogP contribution < -0.4 is 0 Å². The van der Waals surface area contributed by atoms with E-state index in [9.17, 15) is 14.7 Å². The molecule has 1 aromatic heterocycles. The van der Waals surface area contributed by atoms with E-state index in [0.717, 1.165) is 0 Å². The summed E-state index contributed by atoms with van der Waals surface area (Å²) in [6.45, 7) is 5.73. The van der Waals surface area contributed by atoms with E-state index in [-0.39, 0.29) is 0 Å². The highest BCUT2D eigenvalue weighted by Crippen LogP contribution is 2.38. The van der Waals surface area contributed by atoms with Gasteiger partial charge < -0.3 is 14.7 Å². The molecular weight excluding hydrogens is 272 g/mol. The summed E-state index contributed by atoms with van der Waals surface area (Å²) in [6.07, 6.45) is 3.14. The Kier molecular flexibility index (Phi) is 4.16. The molecule has 1 N–H and O–H groups in total. The van der Waals surface area contributed by atoms with Gasteiger partial charge in [-0.1, -0.05) is 6.07 Å². The van der Waals surface area contributed by atoms with E-state index in [4.69, 9.17) is 4.74 Å². The molecule has 2 rings (SSSR count). The number of amides is 1. The summed E-state index contributed by atoms with van der Waals surface area (Å²) in [5, 5.41) is 9.38. The molecule has 21 heavy (non-hydrogen) atoms. The van der Waals surface area contributed by atoms with Gasteiger partial charge >= 0.3 is 12.1 Å². The quantitative estimate of drug-likeness (QED) is 0.905. The molecule has 114 valence electrons. The molecule has 0 saturated carbocycles. The average molecular weight is 292 g/mol. The maximum Gasteiger partial charge on any atom is 0.410 e. The fourth-order valence-electron chi connectivity index (χ4n) is 2.54. The lowest BCUT2D eigenvalue weighted by atomic mass is 9.95. The zero-order chi connectivity index (χ0) is 15.6. The molecule has 1 fully saturated rings. The SMILES string of the molecule is CC(C)(C)OC(=O)N1CC[C@@H](C(=O)O)[C@H]1c1cccnc1. The summed E-state index contributed by atoms with van der Waals surface area (Å²) in [5.41, 5.74) is 0.103.